The molecule has 1 atom stereocenters. The molecule has 0 saturated heterocycles. The van der Waals surface area contributed by atoms with Gasteiger partial charge in [-0.15, -0.1) is 0 Å². The Morgan fingerprint density at radius 3 is 2.58 bits per heavy atom. The molecule has 1 amide bonds. The Morgan fingerprint density at radius 1 is 1.42 bits per heavy atom. The van der Waals surface area contributed by atoms with E-state index < -0.39 is 0 Å². The van der Waals surface area contributed by atoms with Crippen LogP contribution in [0.1, 0.15) is 56.1 Å². The van der Waals surface area contributed by atoms with Crippen LogP contribution in [-0.2, 0) is 4.79 Å². The minimum absolute atomic E-state index is 0.214. The number of rotatable bonds is 6. The number of ether oxygens (including phenoxy) is 1. The number of benzene rings is 1. The van der Waals surface area contributed by atoms with Crippen molar-refractivity contribution < 1.29 is 9.53 Å². The third-order valence-corrected chi connectivity index (χ3v) is 3.93. The predicted molar refractivity (Wildman–Crippen MR) is 76.4 cm³/mol. The van der Waals surface area contributed by atoms with Crippen LogP contribution in [-0.4, -0.2) is 13.0 Å². The highest BCUT2D eigenvalue weighted by molar-refractivity contribution is 5.75. The monoisotopic (exact) mass is 261 g/mol. The zero-order chi connectivity index (χ0) is 14.0. The van der Waals surface area contributed by atoms with Crippen molar-refractivity contribution in [3.63, 3.8) is 0 Å². The SMILES string of the molecule is COc1ccc(C(C)C)cc1C(CC(N)=O)C1CC1. The van der Waals surface area contributed by atoms with Gasteiger partial charge in [0.2, 0.25) is 5.91 Å². The molecule has 0 aromatic heterocycles. The van der Waals surface area contributed by atoms with E-state index in [-0.39, 0.29) is 11.8 Å². The summed E-state index contributed by atoms with van der Waals surface area (Å²) in [6.45, 7) is 4.34. The first-order valence-corrected chi connectivity index (χ1v) is 6.99. The Balaban J connectivity index is 2.37. The number of nitrogens with two attached hydrogens (primary N) is 1. The lowest BCUT2D eigenvalue weighted by Crippen LogP contribution is -2.17. The molecular formula is C16H23NO2. The number of hydrogen-bond acceptors (Lipinski definition) is 2. The van der Waals surface area contributed by atoms with Gasteiger partial charge in [0, 0.05) is 6.42 Å². The largest absolute Gasteiger partial charge is 0.496 e. The molecule has 0 spiro atoms. The van der Waals surface area contributed by atoms with Crippen molar-refractivity contribution in [3.8, 4) is 5.75 Å². The first-order chi connectivity index (χ1) is 9.02. The summed E-state index contributed by atoms with van der Waals surface area (Å²) >= 11 is 0. The standard InChI is InChI=1S/C16H23NO2/c1-10(2)12-6-7-15(19-3)14(8-12)13(9-16(17)18)11-4-5-11/h6-8,10-11,13H,4-5,9H2,1-3H3,(H2,17,18). The van der Waals surface area contributed by atoms with Crippen molar-refractivity contribution in [2.75, 3.05) is 7.11 Å². The van der Waals surface area contributed by atoms with Crippen molar-refractivity contribution in [2.45, 2.75) is 44.9 Å². The van der Waals surface area contributed by atoms with Crippen molar-refractivity contribution in [3.05, 3.63) is 29.3 Å². The van der Waals surface area contributed by atoms with Crippen LogP contribution in [0, 0.1) is 5.92 Å². The molecule has 0 radical (unpaired) electrons. The second-order valence-electron chi connectivity index (χ2n) is 5.77. The fourth-order valence-electron chi connectivity index (χ4n) is 2.65. The number of methoxy groups -OCH3 is 1. The summed E-state index contributed by atoms with van der Waals surface area (Å²) in [4.78, 5) is 11.3. The molecule has 1 fully saturated rings. The molecule has 3 nitrogen and oxygen atoms in total. The van der Waals surface area contributed by atoms with Gasteiger partial charge >= 0.3 is 0 Å². The minimum atomic E-state index is -0.228. The van der Waals surface area contributed by atoms with Crippen LogP contribution in [0.4, 0.5) is 0 Å². The van der Waals surface area contributed by atoms with Gasteiger partial charge < -0.3 is 10.5 Å². The third-order valence-electron chi connectivity index (χ3n) is 3.93. The number of carbonyl (C=O) groups excluding carboxylic acids is 1. The zero-order valence-electron chi connectivity index (χ0n) is 12.0. The average molecular weight is 261 g/mol. The van der Waals surface area contributed by atoms with E-state index >= 15 is 0 Å². The molecule has 19 heavy (non-hydrogen) atoms. The van der Waals surface area contributed by atoms with Crippen LogP contribution in [0.25, 0.3) is 0 Å². The summed E-state index contributed by atoms with van der Waals surface area (Å²) in [5.41, 5.74) is 7.84. The van der Waals surface area contributed by atoms with Crippen LogP contribution < -0.4 is 10.5 Å². The van der Waals surface area contributed by atoms with Gasteiger partial charge in [-0.1, -0.05) is 26.0 Å². The lowest BCUT2D eigenvalue weighted by Gasteiger charge is -2.20. The highest BCUT2D eigenvalue weighted by Gasteiger charge is 2.35. The number of hydrogen-bond donors (Lipinski definition) is 1. The van der Waals surface area contributed by atoms with E-state index in [2.05, 4.69) is 26.0 Å². The molecule has 2 rings (SSSR count). The summed E-state index contributed by atoms with van der Waals surface area (Å²) < 4.78 is 5.47. The Hall–Kier alpha value is -1.51. The molecule has 1 aromatic rings. The first kappa shape index (κ1) is 13.9. The fourth-order valence-corrected chi connectivity index (χ4v) is 2.65. The summed E-state index contributed by atoms with van der Waals surface area (Å²) in [6, 6.07) is 6.30. The summed E-state index contributed by atoms with van der Waals surface area (Å²) in [5, 5.41) is 0. The molecule has 0 bridgehead atoms. The summed E-state index contributed by atoms with van der Waals surface area (Å²) in [6.07, 6.45) is 2.79. The predicted octanol–water partition coefficient (Wildman–Crippen LogP) is 3.19. The quantitative estimate of drug-likeness (QED) is 0.855. The van der Waals surface area contributed by atoms with Crippen LogP contribution >= 0.6 is 0 Å². The lowest BCUT2D eigenvalue weighted by atomic mass is 9.87. The molecule has 2 N–H and O–H groups in total. The fraction of sp³-hybridized carbons (Fsp3) is 0.562. The van der Waals surface area contributed by atoms with Crippen LogP contribution in [0.3, 0.4) is 0 Å². The van der Waals surface area contributed by atoms with Crippen molar-refractivity contribution in [2.24, 2.45) is 11.7 Å². The smallest absolute Gasteiger partial charge is 0.218 e. The molecule has 1 saturated carbocycles. The highest BCUT2D eigenvalue weighted by Crippen LogP contribution is 2.47. The third kappa shape index (κ3) is 3.28. The molecule has 104 valence electrons. The van der Waals surface area contributed by atoms with Gasteiger partial charge in [0.1, 0.15) is 5.75 Å². The van der Waals surface area contributed by atoms with Crippen LogP contribution in [0.5, 0.6) is 5.75 Å². The van der Waals surface area contributed by atoms with Gasteiger partial charge in [0.15, 0.2) is 0 Å². The molecule has 0 aliphatic heterocycles. The molecular weight excluding hydrogens is 238 g/mol. The van der Waals surface area contributed by atoms with Gasteiger partial charge in [-0.3, -0.25) is 4.79 Å². The van der Waals surface area contributed by atoms with E-state index in [1.807, 2.05) is 6.07 Å². The Morgan fingerprint density at radius 2 is 2.11 bits per heavy atom. The Bertz CT molecular complexity index is 464. The van der Waals surface area contributed by atoms with Crippen LogP contribution in [0.2, 0.25) is 0 Å². The maximum Gasteiger partial charge on any atom is 0.218 e. The van der Waals surface area contributed by atoms with E-state index in [0.29, 0.717) is 18.3 Å². The average Bonchev–Trinajstić information content (AvgIpc) is 3.19. The second kappa shape index (κ2) is 5.64. The van der Waals surface area contributed by atoms with E-state index in [1.165, 1.54) is 18.4 Å². The molecule has 0 heterocycles. The zero-order valence-corrected chi connectivity index (χ0v) is 12.0. The number of amides is 1. The van der Waals surface area contributed by atoms with Gasteiger partial charge in [0.25, 0.3) is 0 Å². The number of primary amides is 1. The number of carbonyl (C=O) groups is 1. The molecule has 1 aliphatic rings. The van der Waals surface area contributed by atoms with E-state index in [1.54, 1.807) is 7.11 Å². The second-order valence-corrected chi connectivity index (χ2v) is 5.77. The van der Waals surface area contributed by atoms with Gasteiger partial charge in [-0.2, -0.15) is 0 Å². The molecule has 1 aliphatic carbocycles. The normalized spacial score (nSPS) is 16.4. The van der Waals surface area contributed by atoms with Crippen molar-refractivity contribution in [1.29, 1.82) is 0 Å². The molecule has 1 aromatic carbocycles. The maximum atomic E-state index is 11.3. The van der Waals surface area contributed by atoms with Gasteiger partial charge in [0.05, 0.1) is 7.11 Å². The Labute approximate surface area is 115 Å². The van der Waals surface area contributed by atoms with Crippen LogP contribution in [0.15, 0.2) is 18.2 Å². The molecule has 1 unspecified atom stereocenters. The van der Waals surface area contributed by atoms with Gasteiger partial charge in [-0.05, 0) is 47.8 Å². The van der Waals surface area contributed by atoms with Crippen molar-refractivity contribution in [1.82, 2.24) is 0 Å². The van der Waals surface area contributed by atoms with Gasteiger partial charge in [-0.25, -0.2) is 0 Å². The summed E-state index contributed by atoms with van der Waals surface area (Å²) in [7, 11) is 1.68. The van der Waals surface area contributed by atoms with E-state index in [0.717, 1.165) is 11.3 Å². The topological polar surface area (TPSA) is 52.3 Å². The van der Waals surface area contributed by atoms with Crippen molar-refractivity contribution >= 4 is 5.91 Å². The lowest BCUT2D eigenvalue weighted by molar-refractivity contribution is -0.118. The van der Waals surface area contributed by atoms with E-state index in [9.17, 15) is 4.79 Å². The Kier molecular flexibility index (Phi) is 4.13. The highest BCUT2D eigenvalue weighted by atomic mass is 16.5. The van der Waals surface area contributed by atoms with E-state index in [4.69, 9.17) is 10.5 Å². The summed E-state index contributed by atoms with van der Waals surface area (Å²) in [5.74, 6) is 1.92. The first-order valence-electron chi connectivity index (χ1n) is 6.99. The maximum absolute atomic E-state index is 11.3. The molecule has 3 heteroatoms. The minimum Gasteiger partial charge on any atom is -0.496 e.